The number of ether oxygens (including phenoxy) is 1. The molecular formula is C21H16N2O4. The molecule has 0 saturated heterocycles. The zero-order chi connectivity index (χ0) is 19.0. The van der Waals surface area contributed by atoms with Gasteiger partial charge < -0.3 is 4.74 Å². The van der Waals surface area contributed by atoms with Crippen molar-refractivity contribution in [2.75, 3.05) is 7.11 Å². The Balaban J connectivity index is 1.71. The van der Waals surface area contributed by atoms with Gasteiger partial charge in [-0.05, 0) is 35.9 Å². The zero-order valence-electron chi connectivity index (χ0n) is 14.6. The molecule has 27 heavy (non-hydrogen) atoms. The van der Waals surface area contributed by atoms with E-state index in [4.69, 9.17) is 4.74 Å². The van der Waals surface area contributed by atoms with E-state index in [0.717, 1.165) is 21.4 Å². The summed E-state index contributed by atoms with van der Waals surface area (Å²) in [7, 11) is 1.25. The maximum atomic E-state index is 12.8. The van der Waals surface area contributed by atoms with Gasteiger partial charge in [0.25, 0.3) is 11.8 Å². The lowest BCUT2D eigenvalue weighted by atomic mass is 10.0. The van der Waals surface area contributed by atoms with Gasteiger partial charge in [0.15, 0.2) is 0 Å². The monoisotopic (exact) mass is 360 g/mol. The third-order valence-electron chi connectivity index (χ3n) is 4.71. The van der Waals surface area contributed by atoms with Crippen LogP contribution >= 0.6 is 0 Å². The third-order valence-corrected chi connectivity index (χ3v) is 4.71. The lowest BCUT2D eigenvalue weighted by molar-refractivity contribution is -0.145. The largest absolute Gasteiger partial charge is 0.467 e. The predicted octanol–water partition coefficient (Wildman–Crippen LogP) is 2.62. The highest BCUT2D eigenvalue weighted by Gasteiger charge is 2.43. The molecule has 0 aliphatic carbocycles. The van der Waals surface area contributed by atoms with Crippen molar-refractivity contribution in [2.24, 2.45) is 0 Å². The van der Waals surface area contributed by atoms with Crippen LogP contribution in [-0.2, 0) is 16.0 Å². The van der Waals surface area contributed by atoms with Crippen molar-refractivity contribution in [3.63, 3.8) is 0 Å². The number of hydrogen-bond acceptors (Lipinski definition) is 5. The molecular weight excluding hydrogens is 344 g/mol. The van der Waals surface area contributed by atoms with E-state index in [9.17, 15) is 14.4 Å². The maximum Gasteiger partial charge on any atom is 0.329 e. The van der Waals surface area contributed by atoms with Crippen LogP contribution in [-0.4, -0.2) is 40.8 Å². The van der Waals surface area contributed by atoms with Gasteiger partial charge >= 0.3 is 5.97 Å². The van der Waals surface area contributed by atoms with Crippen LogP contribution in [0.25, 0.3) is 10.9 Å². The lowest BCUT2D eigenvalue weighted by Gasteiger charge is -2.24. The molecule has 2 heterocycles. The Bertz CT molecular complexity index is 1040. The molecule has 0 spiro atoms. The predicted molar refractivity (Wildman–Crippen MR) is 98.2 cm³/mol. The molecule has 2 amide bonds. The van der Waals surface area contributed by atoms with E-state index < -0.39 is 23.8 Å². The van der Waals surface area contributed by atoms with Crippen LogP contribution in [0.5, 0.6) is 0 Å². The number of esters is 1. The number of methoxy groups -OCH3 is 1. The molecule has 0 fully saturated rings. The molecule has 1 aliphatic rings. The topological polar surface area (TPSA) is 76.6 Å². The van der Waals surface area contributed by atoms with E-state index in [1.54, 1.807) is 30.5 Å². The first-order valence-corrected chi connectivity index (χ1v) is 8.48. The average molecular weight is 360 g/mol. The molecule has 0 bridgehead atoms. The summed E-state index contributed by atoms with van der Waals surface area (Å²) in [5.74, 6) is -1.59. The van der Waals surface area contributed by atoms with Crippen LogP contribution in [0.3, 0.4) is 0 Å². The molecule has 1 aliphatic heterocycles. The number of carbonyl (C=O) groups excluding carboxylic acids is 3. The van der Waals surface area contributed by atoms with Crippen LogP contribution in [0.1, 0.15) is 26.3 Å². The minimum absolute atomic E-state index is 0.170. The molecule has 6 heteroatoms. The Morgan fingerprint density at radius 2 is 1.74 bits per heavy atom. The van der Waals surface area contributed by atoms with Gasteiger partial charge in [0.1, 0.15) is 6.04 Å². The van der Waals surface area contributed by atoms with Gasteiger partial charge in [-0.25, -0.2) is 4.79 Å². The minimum atomic E-state index is -1.03. The molecule has 4 rings (SSSR count). The summed E-state index contributed by atoms with van der Waals surface area (Å²) in [5.41, 5.74) is 2.25. The number of amides is 2. The first kappa shape index (κ1) is 16.9. The summed E-state index contributed by atoms with van der Waals surface area (Å²) in [6, 6.07) is 14.9. The first-order valence-electron chi connectivity index (χ1n) is 8.48. The number of fused-ring (bicyclic) bond motifs is 2. The van der Waals surface area contributed by atoms with Gasteiger partial charge in [-0.3, -0.25) is 19.5 Å². The molecule has 6 nitrogen and oxygen atoms in total. The fourth-order valence-corrected chi connectivity index (χ4v) is 3.38. The highest BCUT2D eigenvalue weighted by atomic mass is 16.5. The second-order valence-corrected chi connectivity index (χ2v) is 6.30. The molecule has 2 aromatic carbocycles. The Hall–Kier alpha value is -3.54. The van der Waals surface area contributed by atoms with Crippen molar-refractivity contribution in [1.82, 2.24) is 9.88 Å². The number of carbonyl (C=O) groups is 3. The van der Waals surface area contributed by atoms with Crippen LogP contribution in [0.4, 0.5) is 0 Å². The SMILES string of the molecule is COC(=O)[C@H](Cc1ccc2ncccc2c1)N1C(=O)c2ccccc2C1=O. The van der Waals surface area contributed by atoms with E-state index in [2.05, 4.69) is 4.98 Å². The fourth-order valence-electron chi connectivity index (χ4n) is 3.38. The van der Waals surface area contributed by atoms with Gasteiger partial charge in [-0.1, -0.05) is 24.3 Å². The number of benzene rings is 2. The fraction of sp³-hybridized carbons (Fsp3) is 0.143. The Labute approximate surface area is 155 Å². The zero-order valence-corrected chi connectivity index (χ0v) is 14.6. The highest BCUT2D eigenvalue weighted by molar-refractivity contribution is 6.22. The third kappa shape index (κ3) is 2.85. The Morgan fingerprint density at radius 3 is 2.41 bits per heavy atom. The summed E-state index contributed by atoms with van der Waals surface area (Å²) in [5, 5.41) is 0.918. The first-order chi connectivity index (χ1) is 13.1. The van der Waals surface area contributed by atoms with Crippen molar-refractivity contribution in [3.8, 4) is 0 Å². The number of imide groups is 1. The average Bonchev–Trinajstić information content (AvgIpc) is 2.96. The number of rotatable bonds is 4. The number of nitrogens with zero attached hydrogens (tertiary/aromatic N) is 2. The highest BCUT2D eigenvalue weighted by Crippen LogP contribution is 2.27. The van der Waals surface area contributed by atoms with E-state index in [-0.39, 0.29) is 6.42 Å². The Morgan fingerprint density at radius 1 is 1.04 bits per heavy atom. The van der Waals surface area contributed by atoms with Crippen LogP contribution in [0.15, 0.2) is 60.8 Å². The van der Waals surface area contributed by atoms with Gasteiger partial charge in [-0.2, -0.15) is 0 Å². The summed E-state index contributed by atoms with van der Waals surface area (Å²) >= 11 is 0. The molecule has 0 radical (unpaired) electrons. The van der Waals surface area contributed by atoms with E-state index in [1.807, 2.05) is 30.3 Å². The van der Waals surface area contributed by atoms with Crippen molar-refractivity contribution in [1.29, 1.82) is 0 Å². The van der Waals surface area contributed by atoms with Crippen LogP contribution in [0, 0.1) is 0 Å². The van der Waals surface area contributed by atoms with Gasteiger partial charge in [0.2, 0.25) is 0 Å². The summed E-state index contributed by atoms with van der Waals surface area (Å²) in [4.78, 5) is 43.2. The van der Waals surface area contributed by atoms with Gasteiger partial charge in [-0.15, -0.1) is 0 Å². The van der Waals surface area contributed by atoms with Gasteiger partial charge in [0.05, 0.1) is 23.8 Å². The van der Waals surface area contributed by atoms with E-state index >= 15 is 0 Å². The summed E-state index contributed by atoms with van der Waals surface area (Å²) in [6.45, 7) is 0. The molecule has 134 valence electrons. The maximum absolute atomic E-state index is 12.8. The summed E-state index contributed by atoms with van der Waals surface area (Å²) in [6.07, 6.45) is 1.88. The molecule has 1 atom stereocenters. The number of hydrogen-bond donors (Lipinski definition) is 0. The second kappa shape index (κ2) is 6.64. The van der Waals surface area contributed by atoms with Crippen LogP contribution in [0.2, 0.25) is 0 Å². The minimum Gasteiger partial charge on any atom is -0.467 e. The van der Waals surface area contributed by atoms with Crippen molar-refractivity contribution in [3.05, 3.63) is 77.5 Å². The van der Waals surface area contributed by atoms with Crippen molar-refractivity contribution >= 4 is 28.7 Å². The van der Waals surface area contributed by atoms with Gasteiger partial charge in [0, 0.05) is 18.0 Å². The van der Waals surface area contributed by atoms with Crippen LogP contribution < -0.4 is 0 Å². The number of aromatic nitrogens is 1. The smallest absolute Gasteiger partial charge is 0.329 e. The summed E-state index contributed by atoms with van der Waals surface area (Å²) < 4.78 is 4.88. The second-order valence-electron chi connectivity index (χ2n) is 6.30. The van der Waals surface area contributed by atoms with Crippen molar-refractivity contribution < 1.29 is 19.1 Å². The molecule has 0 saturated carbocycles. The molecule has 3 aromatic rings. The number of pyridine rings is 1. The Kier molecular flexibility index (Phi) is 4.16. The quantitative estimate of drug-likeness (QED) is 0.528. The molecule has 0 unspecified atom stereocenters. The standard InChI is InChI=1S/C21H16N2O4/c1-27-21(26)18(12-13-8-9-17-14(11-13)5-4-10-22-17)23-19(24)15-6-2-3-7-16(15)20(23)25/h2-11,18H,12H2,1H3/t18-/m0/s1. The van der Waals surface area contributed by atoms with Crippen molar-refractivity contribution in [2.45, 2.75) is 12.5 Å². The molecule has 1 aromatic heterocycles. The lowest BCUT2D eigenvalue weighted by Crippen LogP contribution is -2.46. The molecule has 0 N–H and O–H groups in total. The van der Waals surface area contributed by atoms with E-state index in [0.29, 0.717) is 11.1 Å². The van der Waals surface area contributed by atoms with E-state index in [1.165, 1.54) is 7.11 Å². The normalized spacial score (nSPS) is 14.3.